The number of carbonyl (C=O) groups excluding carboxylic acids is 2. The van der Waals surface area contributed by atoms with Gasteiger partial charge in [0.2, 0.25) is 0 Å². The minimum Gasteiger partial charge on any atom is -0.459 e. The Kier molecular flexibility index (Phi) is 5.62. The molecule has 0 bridgehead atoms. The summed E-state index contributed by atoms with van der Waals surface area (Å²) in [6.07, 6.45) is 1.11. The summed E-state index contributed by atoms with van der Waals surface area (Å²) in [5, 5.41) is 0. The van der Waals surface area contributed by atoms with E-state index in [-0.39, 0.29) is 19.0 Å². The van der Waals surface area contributed by atoms with Crippen molar-refractivity contribution in [3.8, 4) is 0 Å². The van der Waals surface area contributed by atoms with Crippen LogP contribution in [0.1, 0.15) is 38.6 Å². The highest BCUT2D eigenvalue weighted by molar-refractivity contribution is 7.80. The third-order valence-electron chi connectivity index (χ3n) is 2.38. The second-order valence-electron chi connectivity index (χ2n) is 5.26. The van der Waals surface area contributed by atoms with Gasteiger partial charge in [0.25, 0.3) is 0 Å². The van der Waals surface area contributed by atoms with E-state index >= 15 is 0 Å². The molecular formula is C13H20N2O4S. The van der Waals surface area contributed by atoms with Crippen LogP contribution in [0.3, 0.4) is 0 Å². The summed E-state index contributed by atoms with van der Waals surface area (Å²) in [6, 6.07) is 0. The standard InChI is InChI=1S/C13H20N2O4S/c1-9-10(7-18-11(16)5-6-20)14-8-15(9)12(17)19-13(2,3)4/h8,20H,5-7H2,1-4H3. The van der Waals surface area contributed by atoms with Crippen molar-refractivity contribution in [2.45, 2.75) is 46.3 Å². The molecule has 20 heavy (non-hydrogen) atoms. The molecule has 0 saturated carbocycles. The van der Waals surface area contributed by atoms with Crippen LogP contribution in [0.25, 0.3) is 0 Å². The number of hydrogen-bond acceptors (Lipinski definition) is 6. The second-order valence-corrected chi connectivity index (χ2v) is 5.71. The Morgan fingerprint density at radius 2 is 2.05 bits per heavy atom. The molecule has 0 aliphatic carbocycles. The number of esters is 1. The summed E-state index contributed by atoms with van der Waals surface area (Å²) >= 11 is 3.95. The maximum atomic E-state index is 11.9. The normalized spacial score (nSPS) is 11.2. The van der Waals surface area contributed by atoms with Gasteiger partial charge < -0.3 is 9.47 Å². The molecule has 0 N–H and O–H groups in total. The van der Waals surface area contributed by atoms with Crippen LogP contribution in [-0.2, 0) is 20.9 Å². The molecule has 7 heteroatoms. The molecular weight excluding hydrogens is 280 g/mol. The summed E-state index contributed by atoms with van der Waals surface area (Å²) < 4.78 is 11.6. The van der Waals surface area contributed by atoms with Gasteiger partial charge in [-0.25, -0.2) is 14.3 Å². The van der Waals surface area contributed by atoms with E-state index in [1.54, 1.807) is 27.7 Å². The predicted octanol–water partition coefficient (Wildman–Crippen LogP) is 2.34. The van der Waals surface area contributed by atoms with Crippen LogP contribution < -0.4 is 0 Å². The van der Waals surface area contributed by atoms with Gasteiger partial charge in [-0.3, -0.25) is 4.79 Å². The Morgan fingerprint density at radius 1 is 1.40 bits per heavy atom. The summed E-state index contributed by atoms with van der Waals surface area (Å²) in [6.45, 7) is 7.12. The highest BCUT2D eigenvalue weighted by Crippen LogP contribution is 2.13. The summed E-state index contributed by atoms with van der Waals surface area (Å²) in [5.41, 5.74) is 0.550. The van der Waals surface area contributed by atoms with Gasteiger partial charge >= 0.3 is 12.1 Å². The maximum absolute atomic E-state index is 11.9. The molecule has 0 radical (unpaired) electrons. The largest absolute Gasteiger partial charge is 0.459 e. The van der Waals surface area contributed by atoms with Gasteiger partial charge in [-0.1, -0.05) is 0 Å². The number of aromatic nitrogens is 2. The van der Waals surface area contributed by atoms with Crippen LogP contribution in [0, 0.1) is 6.92 Å². The first kappa shape index (κ1) is 16.6. The summed E-state index contributed by atoms with van der Waals surface area (Å²) in [7, 11) is 0. The van der Waals surface area contributed by atoms with E-state index in [1.165, 1.54) is 10.9 Å². The van der Waals surface area contributed by atoms with Gasteiger partial charge in [-0.05, 0) is 27.7 Å². The molecule has 1 heterocycles. The van der Waals surface area contributed by atoms with Crippen molar-refractivity contribution in [1.29, 1.82) is 0 Å². The van der Waals surface area contributed by atoms with Gasteiger partial charge in [0.15, 0.2) is 0 Å². The Balaban J connectivity index is 2.70. The second kappa shape index (κ2) is 6.78. The van der Waals surface area contributed by atoms with Gasteiger partial charge in [0.1, 0.15) is 18.5 Å². The zero-order chi connectivity index (χ0) is 15.3. The molecule has 0 amide bonds. The molecule has 0 unspecified atom stereocenters. The van der Waals surface area contributed by atoms with Crippen molar-refractivity contribution in [2.75, 3.05) is 5.75 Å². The van der Waals surface area contributed by atoms with Crippen LogP contribution in [0.4, 0.5) is 4.79 Å². The lowest BCUT2D eigenvalue weighted by atomic mass is 10.2. The fraction of sp³-hybridized carbons (Fsp3) is 0.615. The monoisotopic (exact) mass is 300 g/mol. The highest BCUT2D eigenvalue weighted by atomic mass is 32.1. The molecule has 0 aromatic carbocycles. The van der Waals surface area contributed by atoms with E-state index in [0.717, 1.165) is 0 Å². The van der Waals surface area contributed by atoms with Crippen molar-refractivity contribution in [2.24, 2.45) is 0 Å². The molecule has 1 rings (SSSR count). The Labute approximate surface area is 123 Å². The minimum atomic E-state index is -0.576. The molecule has 0 fully saturated rings. The molecule has 0 aliphatic rings. The fourth-order valence-corrected chi connectivity index (χ4v) is 1.58. The van der Waals surface area contributed by atoms with Gasteiger partial charge in [0, 0.05) is 5.75 Å². The predicted molar refractivity (Wildman–Crippen MR) is 76.9 cm³/mol. The quantitative estimate of drug-likeness (QED) is 0.682. The van der Waals surface area contributed by atoms with E-state index < -0.39 is 11.7 Å². The van der Waals surface area contributed by atoms with E-state index in [0.29, 0.717) is 17.1 Å². The van der Waals surface area contributed by atoms with E-state index in [2.05, 4.69) is 17.6 Å². The van der Waals surface area contributed by atoms with Crippen LogP contribution in [-0.4, -0.2) is 33.0 Å². The lowest BCUT2D eigenvalue weighted by Gasteiger charge is -2.19. The molecule has 6 nitrogen and oxygen atoms in total. The Morgan fingerprint density at radius 3 is 2.60 bits per heavy atom. The van der Waals surface area contributed by atoms with Crippen molar-refractivity contribution in [3.05, 3.63) is 17.7 Å². The number of rotatable bonds is 4. The number of hydrogen-bond donors (Lipinski definition) is 1. The number of imidazole rings is 1. The van der Waals surface area contributed by atoms with Crippen LogP contribution in [0.15, 0.2) is 6.33 Å². The van der Waals surface area contributed by atoms with E-state index in [4.69, 9.17) is 9.47 Å². The first-order chi connectivity index (χ1) is 9.24. The minimum absolute atomic E-state index is 0.0360. The van der Waals surface area contributed by atoms with Crippen molar-refractivity contribution in [1.82, 2.24) is 9.55 Å². The molecule has 0 atom stereocenters. The SMILES string of the molecule is Cc1c(COC(=O)CCS)ncn1C(=O)OC(C)(C)C. The summed E-state index contributed by atoms with van der Waals surface area (Å²) in [4.78, 5) is 27.2. The maximum Gasteiger partial charge on any atom is 0.420 e. The third-order valence-corrected chi connectivity index (χ3v) is 2.61. The van der Waals surface area contributed by atoms with Crippen LogP contribution >= 0.6 is 12.6 Å². The zero-order valence-corrected chi connectivity index (χ0v) is 13.1. The number of ether oxygens (including phenoxy) is 2. The molecule has 0 spiro atoms. The Hall–Kier alpha value is -1.50. The van der Waals surface area contributed by atoms with Gasteiger partial charge in [-0.15, -0.1) is 0 Å². The number of nitrogens with zero attached hydrogens (tertiary/aromatic N) is 2. The number of carbonyl (C=O) groups is 2. The lowest BCUT2D eigenvalue weighted by Crippen LogP contribution is -2.27. The van der Waals surface area contributed by atoms with Crippen molar-refractivity contribution >= 4 is 24.7 Å². The van der Waals surface area contributed by atoms with Crippen molar-refractivity contribution < 1.29 is 19.1 Å². The third kappa shape index (κ3) is 4.88. The smallest absolute Gasteiger partial charge is 0.420 e. The van der Waals surface area contributed by atoms with E-state index in [9.17, 15) is 9.59 Å². The van der Waals surface area contributed by atoms with E-state index in [1.807, 2.05) is 0 Å². The van der Waals surface area contributed by atoms with Gasteiger partial charge in [-0.2, -0.15) is 12.6 Å². The summed E-state index contributed by atoms with van der Waals surface area (Å²) in [5.74, 6) is 0.0932. The molecule has 0 saturated heterocycles. The highest BCUT2D eigenvalue weighted by Gasteiger charge is 2.20. The van der Waals surface area contributed by atoms with Gasteiger partial charge in [0.05, 0.1) is 17.8 Å². The zero-order valence-electron chi connectivity index (χ0n) is 12.2. The number of thiol groups is 1. The topological polar surface area (TPSA) is 70.4 Å². The molecule has 112 valence electrons. The average molecular weight is 300 g/mol. The molecule has 0 aliphatic heterocycles. The lowest BCUT2D eigenvalue weighted by molar-refractivity contribution is -0.144. The Bertz CT molecular complexity index is 491. The van der Waals surface area contributed by atoms with Crippen LogP contribution in [0.2, 0.25) is 0 Å². The van der Waals surface area contributed by atoms with Crippen LogP contribution in [0.5, 0.6) is 0 Å². The molecule has 1 aromatic heterocycles. The van der Waals surface area contributed by atoms with Crippen molar-refractivity contribution in [3.63, 3.8) is 0 Å². The first-order valence-corrected chi connectivity index (χ1v) is 6.90. The molecule has 1 aromatic rings. The average Bonchev–Trinajstić information content (AvgIpc) is 2.66. The first-order valence-electron chi connectivity index (χ1n) is 6.27. The fourth-order valence-electron chi connectivity index (χ4n) is 1.40.